The van der Waals surface area contributed by atoms with Gasteiger partial charge in [0.1, 0.15) is 6.61 Å². The van der Waals surface area contributed by atoms with E-state index in [2.05, 4.69) is 50.3 Å². The number of hydrogen-bond acceptors (Lipinski definition) is 6. The average molecular weight is 763 g/mol. The van der Waals surface area contributed by atoms with Gasteiger partial charge in [0.2, 0.25) is 0 Å². The van der Waals surface area contributed by atoms with E-state index in [9.17, 15) is 19.5 Å². The fourth-order valence-electron chi connectivity index (χ4n) is 6.30. The highest BCUT2D eigenvalue weighted by molar-refractivity contribution is 5.72. The lowest BCUT2D eigenvalue weighted by molar-refractivity contribution is -0.887. The zero-order valence-electron chi connectivity index (χ0n) is 35.7. The molecule has 1 N–H and O–H groups in total. The van der Waals surface area contributed by atoms with Crippen molar-refractivity contribution in [2.24, 2.45) is 0 Å². The third-order valence-corrected chi connectivity index (χ3v) is 9.79. The first-order chi connectivity index (χ1) is 26.1. The molecular weight excluding hydrogens is 679 g/mol. The summed E-state index contributed by atoms with van der Waals surface area (Å²) < 4.78 is 17.2. The number of quaternary nitrogens is 1. The van der Waals surface area contributed by atoms with E-state index in [0.717, 1.165) is 51.4 Å². The summed E-state index contributed by atoms with van der Waals surface area (Å²) in [4.78, 5) is 36.9. The van der Waals surface area contributed by atoms with Crippen molar-refractivity contribution in [3.05, 3.63) is 36.5 Å². The second-order valence-corrected chi connectivity index (χ2v) is 16.0. The van der Waals surface area contributed by atoms with E-state index < -0.39 is 18.1 Å². The van der Waals surface area contributed by atoms with Gasteiger partial charge in [0, 0.05) is 19.3 Å². The number of aliphatic carboxylic acids is 1. The molecule has 0 amide bonds. The van der Waals surface area contributed by atoms with Gasteiger partial charge in [-0.2, -0.15) is 0 Å². The topological polar surface area (TPSA) is 99.1 Å². The van der Waals surface area contributed by atoms with Crippen LogP contribution in [-0.4, -0.2) is 80.6 Å². The van der Waals surface area contributed by atoms with E-state index in [1.54, 1.807) is 0 Å². The number of esters is 2. The number of carboxylic acids is 1. The Hall–Kier alpha value is -2.45. The number of carbonyl (C=O) groups excluding carboxylic acids is 2. The molecule has 0 saturated carbocycles. The number of carbonyl (C=O) groups is 3. The predicted octanol–water partition coefficient (Wildman–Crippen LogP) is 11.9. The second kappa shape index (κ2) is 37.5. The highest BCUT2D eigenvalue weighted by Gasteiger charge is 2.31. The maximum absolute atomic E-state index is 12.7. The smallest absolute Gasteiger partial charge is 0.362 e. The average Bonchev–Trinajstić information content (AvgIpc) is 3.12. The molecule has 0 aliphatic rings. The Morgan fingerprint density at radius 3 is 1.50 bits per heavy atom. The molecule has 314 valence electrons. The molecule has 0 bridgehead atoms. The normalized spacial score (nSPS) is 13.3. The number of likely N-dealkylation sites (N-methyl/N-ethyl adjacent to an activating group) is 1. The molecule has 0 aromatic rings. The van der Waals surface area contributed by atoms with Crippen LogP contribution in [-0.2, 0) is 28.6 Å². The fourth-order valence-corrected chi connectivity index (χ4v) is 6.30. The number of carboxylic acid groups (broad SMARTS) is 1. The van der Waals surface area contributed by atoms with Gasteiger partial charge in [0.05, 0.1) is 34.4 Å². The van der Waals surface area contributed by atoms with Gasteiger partial charge in [-0.25, -0.2) is 4.79 Å². The van der Waals surface area contributed by atoms with Crippen molar-refractivity contribution >= 4 is 17.9 Å². The molecule has 0 saturated heterocycles. The summed E-state index contributed by atoms with van der Waals surface area (Å²) in [6, 6.07) is -0.615. The lowest BCUT2D eigenvalue weighted by atomic mass is 10.1. The van der Waals surface area contributed by atoms with Gasteiger partial charge in [-0.15, -0.1) is 0 Å². The number of ether oxygens (including phenoxy) is 3. The van der Waals surface area contributed by atoms with Crippen molar-refractivity contribution in [1.82, 2.24) is 0 Å². The number of unbranched alkanes of at least 4 members (excludes halogenated alkanes) is 20. The van der Waals surface area contributed by atoms with Crippen LogP contribution in [0.2, 0.25) is 0 Å². The summed E-state index contributed by atoms with van der Waals surface area (Å²) in [6.45, 7) is 4.66. The minimum atomic E-state index is -0.877. The first kappa shape index (κ1) is 51.5. The maximum Gasteiger partial charge on any atom is 0.362 e. The van der Waals surface area contributed by atoms with E-state index in [1.165, 1.54) is 103 Å². The van der Waals surface area contributed by atoms with Crippen molar-refractivity contribution in [1.29, 1.82) is 0 Å². The van der Waals surface area contributed by atoms with Crippen molar-refractivity contribution in [3.63, 3.8) is 0 Å². The molecule has 0 aliphatic carbocycles. The molecule has 0 fully saturated rings. The van der Waals surface area contributed by atoms with Gasteiger partial charge in [0.15, 0.2) is 12.1 Å². The van der Waals surface area contributed by atoms with Crippen LogP contribution in [0.4, 0.5) is 0 Å². The van der Waals surface area contributed by atoms with Crippen molar-refractivity contribution in [2.75, 3.05) is 41.0 Å². The van der Waals surface area contributed by atoms with Gasteiger partial charge >= 0.3 is 17.9 Å². The Bertz CT molecular complexity index is 984. The summed E-state index contributed by atoms with van der Waals surface area (Å²) in [5, 5.41) is 9.61. The Labute approximate surface area is 332 Å². The highest BCUT2D eigenvalue weighted by atomic mass is 16.6. The van der Waals surface area contributed by atoms with Gasteiger partial charge in [-0.3, -0.25) is 9.59 Å². The zero-order valence-corrected chi connectivity index (χ0v) is 35.7. The van der Waals surface area contributed by atoms with Gasteiger partial charge < -0.3 is 23.8 Å². The van der Waals surface area contributed by atoms with Crippen LogP contribution >= 0.6 is 0 Å². The lowest BCUT2D eigenvalue weighted by Crippen LogP contribution is -2.50. The van der Waals surface area contributed by atoms with Crippen molar-refractivity contribution in [3.8, 4) is 0 Å². The first-order valence-corrected chi connectivity index (χ1v) is 22.0. The van der Waals surface area contributed by atoms with E-state index in [0.29, 0.717) is 19.3 Å². The van der Waals surface area contributed by atoms with Crippen molar-refractivity contribution in [2.45, 2.75) is 199 Å². The van der Waals surface area contributed by atoms with Gasteiger partial charge in [-0.05, 0) is 57.8 Å². The SMILES string of the molecule is CCCC/C=C/CCCCCCCC(=O)OCC(COCCC(C(=O)O)[N+](C)(C)C)OC(=O)CCCCCCCCCCCC/C=C/C=C/CCCCC. The van der Waals surface area contributed by atoms with E-state index in [-0.39, 0.29) is 36.2 Å². The number of nitrogens with zero attached hydrogens (tertiary/aromatic N) is 1. The maximum atomic E-state index is 12.7. The quantitative estimate of drug-likeness (QED) is 0.0219. The summed E-state index contributed by atoms with van der Waals surface area (Å²) in [6.07, 6.45) is 41.8. The van der Waals surface area contributed by atoms with E-state index >= 15 is 0 Å². The van der Waals surface area contributed by atoms with Crippen LogP contribution in [0.3, 0.4) is 0 Å². The lowest BCUT2D eigenvalue weighted by Gasteiger charge is -2.31. The molecule has 0 aromatic heterocycles. The van der Waals surface area contributed by atoms with Crippen LogP contribution < -0.4 is 0 Å². The molecule has 0 spiro atoms. The van der Waals surface area contributed by atoms with Crippen LogP contribution in [0.5, 0.6) is 0 Å². The molecule has 8 nitrogen and oxygen atoms in total. The molecule has 0 rings (SSSR count). The van der Waals surface area contributed by atoms with Crippen LogP contribution in [0, 0.1) is 0 Å². The predicted molar refractivity (Wildman–Crippen MR) is 225 cm³/mol. The Morgan fingerprint density at radius 2 is 1.00 bits per heavy atom. The van der Waals surface area contributed by atoms with Crippen LogP contribution in [0.15, 0.2) is 36.5 Å². The number of rotatable bonds is 39. The van der Waals surface area contributed by atoms with Crippen molar-refractivity contribution < 1.29 is 38.2 Å². The molecule has 0 radical (unpaired) electrons. The first-order valence-electron chi connectivity index (χ1n) is 22.0. The fraction of sp³-hybridized carbons (Fsp3) is 0.804. The third kappa shape index (κ3) is 35.3. The largest absolute Gasteiger partial charge is 0.477 e. The van der Waals surface area contributed by atoms with Gasteiger partial charge in [0.25, 0.3) is 0 Å². The Balaban J connectivity index is 4.31. The molecule has 54 heavy (non-hydrogen) atoms. The monoisotopic (exact) mass is 763 g/mol. The highest BCUT2D eigenvalue weighted by Crippen LogP contribution is 2.14. The number of allylic oxidation sites excluding steroid dienone is 6. The molecule has 0 aromatic carbocycles. The third-order valence-electron chi connectivity index (χ3n) is 9.79. The standard InChI is InChI=1S/C46H83NO7/c1-6-8-10-12-14-16-18-19-20-21-22-23-24-25-27-29-31-33-35-37-45(49)54-42(40-52-39-38-43(46(50)51)47(3,4)5)41-53-44(48)36-34-32-30-28-26-17-15-13-11-9-7-2/h13-16,18-19,42-43H,6-12,17,20-41H2,1-5H3/p+1/b15-13+,16-14+,19-18+. The zero-order chi connectivity index (χ0) is 40.0. The minimum Gasteiger partial charge on any atom is -0.477 e. The summed E-state index contributed by atoms with van der Waals surface area (Å²) in [7, 11) is 5.52. The number of hydrogen-bond donors (Lipinski definition) is 1. The minimum absolute atomic E-state index is 0.0557. The Morgan fingerprint density at radius 1 is 0.556 bits per heavy atom. The van der Waals surface area contributed by atoms with Crippen LogP contribution in [0.1, 0.15) is 187 Å². The molecule has 8 heteroatoms. The van der Waals surface area contributed by atoms with E-state index in [4.69, 9.17) is 14.2 Å². The molecule has 2 unspecified atom stereocenters. The molecule has 0 aliphatic heterocycles. The molecular formula is C46H84NO7+. The summed E-state index contributed by atoms with van der Waals surface area (Å²) in [5.41, 5.74) is 0. The Kier molecular flexibility index (Phi) is 35.8. The van der Waals surface area contributed by atoms with Crippen LogP contribution in [0.25, 0.3) is 0 Å². The van der Waals surface area contributed by atoms with E-state index in [1.807, 2.05) is 21.1 Å². The van der Waals surface area contributed by atoms with Gasteiger partial charge in [-0.1, -0.05) is 147 Å². The molecule has 0 heterocycles. The summed E-state index contributed by atoms with van der Waals surface area (Å²) >= 11 is 0. The second-order valence-electron chi connectivity index (χ2n) is 16.0. The molecule has 2 atom stereocenters. The summed E-state index contributed by atoms with van der Waals surface area (Å²) in [5.74, 6) is -1.48.